The highest BCUT2D eigenvalue weighted by molar-refractivity contribution is 7.89. The number of sulfonamides is 1. The monoisotopic (exact) mass is 260 g/mol. The van der Waals surface area contributed by atoms with Crippen molar-refractivity contribution < 1.29 is 18.3 Å². The van der Waals surface area contributed by atoms with Gasteiger partial charge in [-0.15, -0.1) is 11.3 Å². The van der Waals surface area contributed by atoms with E-state index in [4.69, 9.17) is 5.73 Å². The van der Waals surface area contributed by atoms with Crippen molar-refractivity contribution in [2.45, 2.75) is 4.90 Å². The first-order valence-corrected chi connectivity index (χ1v) is 6.49. The zero-order valence-electron chi connectivity index (χ0n) is 8.17. The SMILES string of the molecule is CN1C(C(N)=O)=C(O)c2sccc2S1(=O)=O. The smallest absolute Gasteiger partial charge is 0.269 e. The normalized spacial score (nSPS) is 18.4. The van der Waals surface area contributed by atoms with Gasteiger partial charge in [-0.05, 0) is 11.4 Å². The molecule has 0 atom stereocenters. The van der Waals surface area contributed by atoms with Gasteiger partial charge in [0.05, 0.1) is 4.88 Å². The first-order valence-electron chi connectivity index (χ1n) is 4.17. The third-order valence-electron chi connectivity index (χ3n) is 2.26. The van der Waals surface area contributed by atoms with Crippen LogP contribution in [0.25, 0.3) is 5.76 Å². The van der Waals surface area contributed by atoms with Crippen LogP contribution in [0.3, 0.4) is 0 Å². The predicted octanol–water partition coefficient (Wildman–Crippen LogP) is 0.0941. The molecule has 1 aliphatic heterocycles. The summed E-state index contributed by atoms with van der Waals surface area (Å²) in [6, 6.07) is 1.37. The number of hydrogen-bond donors (Lipinski definition) is 2. The van der Waals surface area contributed by atoms with Crippen molar-refractivity contribution in [3.8, 4) is 0 Å². The van der Waals surface area contributed by atoms with E-state index < -0.39 is 27.4 Å². The summed E-state index contributed by atoms with van der Waals surface area (Å²) in [6.07, 6.45) is 0. The zero-order chi connectivity index (χ0) is 12.1. The van der Waals surface area contributed by atoms with Crippen molar-refractivity contribution in [2.75, 3.05) is 7.05 Å². The molecular formula is C8H8N2O4S2. The Morgan fingerprint density at radius 2 is 2.19 bits per heavy atom. The lowest BCUT2D eigenvalue weighted by Crippen LogP contribution is -2.37. The molecule has 2 rings (SSSR count). The Hall–Kier alpha value is -1.54. The lowest BCUT2D eigenvalue weighted by Gasteiger charge is -2.25. The van der Waals surface area contributed by atoms with E-state index in [2.05, 4.69) is 0 Å². The van der Waals surface area contributed by atoms with Gasteiger partial charge in [0.15, 0.2) is 11.5 Å². The maximum atomic E-state index is 11.9. The Bertz CT molecular complexity index is 599. The summed E-state index contributed by atoms with van der Waals surface area (Å²) in [5.74, 6) is -1.38. The average Bonchev–Trinajstić information content (AvgIpc) is 2.64. The number of aliphatic hydroxyl groups excluding tert-OH is 1. The van der Waals surface area contributed by atoms with Crippen molar-refractivity contribution in [3.63, 3.8) is 0 Å². The highest BCUT2D eigenvalue weighted by atomic mass is 32.2. The van der Waals surface area contributed by atoms with Crippen LogP contribution in [0.4, 0.5) is 0 Å². The van der Waals surface area contributed by atoms with E-state index in [-0.39, 0.29) is 9.77 Å². The number of hydrogen-bond acceptors (Lipinski definition) is 5. The van der Waals surface area contributed by atoms with E-state index in [1.54, 1.807) is 0 Å². The molecule has 6 nitrogen and oxygen atoms in total. The number of aliphatic hydroxyl groups is 1. The van der Waals surface area contributed by atoms with Gasteiger partial charge >= 0.3 is 0 Å². The summed E-state index contributed by atoms with van der Waals surface area (Å²) in [5.41, 5.74) is 4.63. The summed E-state index contributed by atoms with van der Waals surface area (Å²) in [7, 11) is -2.61. The van der Waals surface area contributed by atoms with Crippen LogP contribution >= 0.6 is 11.3 Å². The minimum Gasteiger partial charge on any atom is -0.504 e. The Labute approximate surface area is 95.7 Å². The fraction of sp³-hybridized carbons (Fsp3) is 0.125. The summed E-state index contributed by atoms with van der Waals surface area (Å²) in [5, 5.41) is 11.3. The number of nitrogens with zero attached hydrogens (tertiary/aromatic N) is 1. The van der Waals surface area contributed by atoms with Gasteiger partial charge in [-0.2, -0.15) is 0 Å². The molecular weight excluding hydrogens is 252 g/mol. The fourth-order valence-corrected chi connectivity index (χ4v) is 4.03. The van der Waals surface area contributed by atoms with Crippen molar-refractivity contribution in [1.82, 2.24) is 4.31 Å². The van der Waals surface area contributed by atoms with Gasteiger partial charge in [-0.3, -0.25) is 9.10 Å². The third-order valence-corrected chi connectivity index (χ3v) is 5.11. The predicted molar refractivity (Wildman–Crippen MR) is 58.0 cm³/mol. The Balaban J connectivity index is 2.84. The van der Waals surface area contributed by atoms with Gasteiger partial charge in [-0.1, -0.05) is 0 Å². The number of nitrogens with two attached hydrogens (primary N) is 1. The second-order valence-corrected chi connectivity index (χ2v) is 6.00. The second kappa shape index (κ2) is 3.22. The lowest BCUT2D eigenvalue weighted by atomic mass is 10.3. The first kappa shape index (κ1) is 11.0. The van der Waals surface area contributed by atoms with Gasteiger partial charge < -0.3 is 10.8 Å². The van der Waals surface area contributed by atoms with E-state index in [1.165, 1.54) is 18.5 Å². The second-order valence-electron chi connectivity index (χ2n) is 3.15. The molecule has 1 amide bonds. The molecule has 0 fully saturated rings. The van der Waals surface area contributed by atoms with Gasteiger partial charge in [0.25, 0.3) is 15.9 Å². The minimum atomic E-state index is -3.78. The van der Waals surface area contributed by atoms with Crippen molar-refractivity contribution >= 4 is 33.0 Å². The standard InChI is InChI=1S/C8H8N2O4S2/c1-10-5(8(9)12)6(11)7-4(2-3-15-7)16(10,13)14/h2-3,11H,1H3,(H2,9,12). The molecule has 0 radical (unpaired) electrons. The molecule has 1 aromatic rings. The topological polar surface area (TPSA) is 101 Å². The average molecular weight is 260 g/mol. The largest absolute Gasteiger partial charge is 0.504 e. The van der Waals surface area contributed by atoms with Crippen LogP contribution in [0, 0.1) is 0 Å². The zero-order valence-corrected chi connectivity index (χ0v) is 9.80. The van der Waals surface area contributed by atoms with Crippen LogP contribution in [0.5, 0.6) is 0 Å². The maximum absolute atomic E-state index is 11.9. The van der Waals surface area contributed by atoms with E-state index in [0.29, 0.717) is 4.31 Å². The molecule has 2 heterocycles. The highest BCUT2D eigenvalue weighted by Gasteiger charge is 2.37. The molecule has 1 aliphatic rings. The van der Waals surface area contributed by atoms with Gasteiger partial charge in [0, 0.05) is 7.05 Å². The van der Waals surface area contributed by atoms with E-state index in [1.807, 2.05) is 0 Å². The summed E-state index contributed by atoms with van der Waals surface area (Å²) < 4.78 is 24.5. The highest BCUT2D eigenvalue weighted by Crippen LogP contribution is 2.37. The van der Waals surface area contributed by atoms with Crippen molar-refractivity contribution in [2.24, 2.45) is 5.73 Å². The van der Waals surface area contributed by atoms with Crippen LogP contribution in [0.1, 0.15) is 4.88 Å². The molecule has 0 aliphatic carbocycles. The molecule has 1 aromatic heterocycles. The molecule has 8 heteroatoms. The van der Waals surface area contributed by atoms with Crippen LogP contribution in [-0.2, 0) is 14.8 Å². The molecule has 0 saturated carbocycles. The third kappa shape index (κ3) is 1.23. The number of fused-ring (bicyclic) bond motifs is 1. The Kier molecular flexibility index (Phi) is 2.21. The van der Waals surface area contributed by atoms with Crippen molar-refractivity contribution in [3.05, 3.63) is 22.0 Å². The number of carbonyl (C=O) groups excluding carboxylic acids is 1. The van der Waals surface area contributed by atoms with E-state index in [9.17, 15) is 18.3 Å². The molecule has 16 heavy (non-hydrogen) atoms. The van der Waals surface area contributed by atoms with Crippen LogP contribution < -0.4 is 5.73 Å². The summed E-state index contributed by atoms with van der Waals surface area (Å²) >= 11 is 1.04. The number of carbonyl (C=O) groups is 1. The molecule has 3 N–H and O–H groups in total. The number of rotatable bonds is 1. The Morgan fingerprint density at radius 3 is 2.75 bits per heavy atom. The molecule has 0 spiro atoms. The van der Waals surface area contributed by atoms with Crippen LogP contribution in [0.2, 0.25) is 0 Å². The minimum absolute atomic E-state index is 0.0116. The fourth-order valence-electron chi connectivity index (χ4n) is 1.47. The van der Waals surface area contributed by atoms with Gasteiger partial charge in [-0.25, -0.2) is 8.42 Å². The van der Waals surface area contributed by atoms with E-state index >= 15 is 0 Å². The molecule has 0 unspecified atom stereocenters. The number of likely N-dealkylation sites (N-methyl/N-ethyl adjacent to an activating group) is 1. The maximum Gasteiger partial charge on any atom is 0.269 e. The summed E-state index contributed by atoms with van der Waals surface area (Å²) in [6.45, 7) is 0. The number of amides is 1. The van der Waals surface area contributed by atoms with Crippen LogP contribution in [-0.4, -0.2) is 30.8 Å². The van der Waals surface area contributed by atoms with Crippen molar-refractivity contribution in [1.29, 1.82) is 0 Å². The molecule has 0 bridgehead atoms. The van der Waals surface area contributed by atoms with Gasteiger partial charge in [0.1, 0.15) is 4.90 Å². The van der Waals surface area contributed by atoms with E-state index in [0.717, 1.165) is 11.3 Å². The molecule has 0 saturated heterocycles. The van der Waals surface area contributed by atoms with Gasteiger partial charge in [0.2, 0.25) is 0 Å². The Morgan fingerprint density at radius 1 is 1.56 bits per heavy atom. The number of primary amides is 1. The van der Waals surface area contributed by atoms with Crippen LogP contribution in [0.15, 0.2) is 22.0 Å². The molecule has 0 aromatic carbocycles. The number of thiophene rings is 1. The lowest BCUT2D eigenvalue weighted by molar-refractivity contribution is -0.115. The first-order chi connectivity index (χ1) is 7.37. The quantitative estimate of drug-likeness (QED) is 0.747. The molecule has 86 valence electrons. The summed E-state index contributed by atoms with van der Waals surface area (Å²) in [4.78, 5) is 11.2.